The van der Waals surface area contributed by atoms with Crippen LogP contribution in [0, 0.1) is 0 Å². The first-order valence-electron chi connectivity index (χ1n) is 8.17. The zero-order valence-corrected chi connectivity index (χ0v) is 13.6. The molecule has 0 spiro atoms. The van der Waals surface area contributed by atoms with Crippen LogP contribution in [0.4, 0.5) is 11.4 Å². The lowest BCUT2D eigenvalue weighted by Crippen LogP contribution is -2.44. The van der Waals surface area contributed by atoms with Gasteiger partial charge in [0.15, 0.2) is 0 Å². The molecule has 0 saturated carbocycles. The maximum atomic E-state index is 4.50. The highest BCUT2D eigenvalue weighted by atomic mass is 15.3. The van der Waals surface area contributed by atoms with E-state index in [-0.39, 0.29) is 0 Å². The van der Waals surface area contributed by atoms with Gasteiger partial charge in [-0.15, -0.1) is 0 Å². The van der Waals surface area contributed by atoms with Gasteiger partial charge in [-0.1, -0.05) is 30.3 Å². The summed E-state index contributed by atoms with van der Waals surface area (Å²) in [5, 5.41) is 2.65. The van der Waals surface area contributed by atoms with Gasteiger partial charge in [0, 0.05) is 29.0 Å². The first-order valence-corrected chi connectivity index (χ1v) is 8.17. The van der Waals surface area contributed by atoms with E-state index in [0.29, 0.717) is 6.04 Å². The molecule has 0 fully saturated rings. The molecule has 0 radical (unpaired) electrons. The summed E-state index contributed by atoms with van der Waals surface area (Å²) in [5.74, 6) is 0. The maximum Gasteiger partial charge on any atom is 0.0910 e. The summed E-state index contributed by atoms with van der Waals surface area (Å²) in [7, 11) is 0. The summed E-state index contributed by atoms with van der Waals surface area (Å²) in [6.45, 7) is 6.24. The number of anilines is 2. The van der Waals surface area contributed by atoms with Crippen molar-refractivity contribution in [3.8, 4) is 0 Å². The van der Waals surface area contributed by atoms with Crippen molar-refractivity contribution < 1.29 is 0 Å². The standard InChI is InChI=1S/C20H21N3/c1-15(2)23-14-22(13-17-9-3-4-12-21-17)18-10-5-7-16-8-6-11-19(23)20(16)18/h3-12,15H,13-14H2,1-2H3. The molecule has 23 heavy (non-hydrogen) atoms. The quantitative estimate of drug-likeness (QED) is 0.713. The molecule has 0 N–H and O–H groups in total. The second kappa shape index (κ2) is 5.58. The Morgan fingerprint density at radius 2 is 1.74 bits per heavy atom. The minimum atomic E-state index is 0.459. The molecule has 2 heterocycles. The number of rotatable bonds is 3. The normalized spacial score (nSPS) is 13.9. The average Bonchev–Trinajstić information content (AvgIpc) is 2.58. The molecular formula is C20H21N3. The van der Waals surface area contributed by atoms with E-state index in [0.717, 1.165) is 18.9 Å². The molecule has 0 bridgehead atoms. The highest BCUT2D eigenvalue weighted by Crippen LogP contribution is 2.40. The predicted molar refractivity (Wildman–Crippen MR) is 96.9 cm³/mol. The van der Waals surface area contributed by atoms with Crippen LogP contribution in [-0.2, 0) is 6.54 Å². The minimum absolute atomic E-state index is 0.459. The van der Waals surface area contributed by atoms with Gasteiger partial charge >= 0.3 is 0 Å². The van der Waals surface area contributed by atoms with Crippen LogP contribution < -0.4 is 9.80 Å². The Bertz CT molecular complexity index is 821. The van der Waals surface area contributed by atoms with Gasteiger partial charge in [-0.05, 0) is 43.5 Å². The van der Waals surface area contributed by atoms with Crippen LogP contribution in [0.15, 0.2) is 60.8 Å². The largest absolute Gasteiger partial charge is 0.351 e. The minimum Gasteiger partial charge on any atom is -0.351 e. The number of hydrogen-bond donors (Lipinski definition) is 0. The molecule has 116 valence electrons. The van der Waals surface area contributed by atoms with Gasteiger partial charge < -0.3 is 9.80 Å². The number of nitrogens with zero attached hydrogens (tertiary/aromatic N) is 3. The van der Waals surface area contributed by atoms with Crippen LogP contribution in [0.1, 0.15) is 19.5 Å². The smallest absolute Gasteiger partial charge is 0.0910 e. The van der Waals surface area contributed by atoms with Crippen LogP contribution in [0.3, 0.4) is 0 Å². The molecule has 0 unspecified atom stereocenters. The van der Waals surface area contributed by atoms with Crippen LogP contribution in [0.25, 0.3) is 10.8 Å². The van der Waals surface area contributed by atoms with Crippen LogP contribution in [0.2, 0.25) is 0 Å². The Kier molecular flexibility index (Phi) is 3.41. The SMILES string of the molecule is CC(C)N1CN(Cc2ccccn2)c2cccc3cccc1c23. The first-order chi connectivity index (χ1) is 11.2. The van der Waals surface area contributed by atoms with E-state index in [1.807, 2.05) is 12.3 Å². The molecule has 4 rings (SSSR count). The maximum absolute atomic E-state index is 4.50. The Morgan fingerprint density at radius 3 is 2.43 bits per heavy atom. The molecule has 3 aromatic rings. The zero-order chi connectivity index (χ0) is 15.8. The lowest BCUT2D eigenvalue weighted by molar-refractivity contribution is 0.640. The summed E-state index contributed by atoms with van der Waals surface area (Å²) in [4.78, 5) is 9.40. The predicted octanol–water partition coefficient (Wildman–Crippen LogP) is 4.43. The van der Waals surface area contributed by atoms with Crippen molar-refractivity contribution in [1.82, 2.24) is 4.98 Å². The van der Waals surface area contributed by atoms with Gasteiger partial charge in [0.05, 0.1) is 18.9 Å². The zero-order valence-electron chi connectivity index (χ0n) is 13.6. The third-order valence-electron chi connectivity index (χ3n) is 4.54. The van der Waals surface area contributed by atoms with E-state index in [4.69, 9.17) is 0 Å². The molecule has 3 nitrogen and oxygen atoms in total. The third-order valence-corrected chi connectivity index (χ3v) is 4.54. The Hall–Kier alpha value is -2.55. The van der Waals surface area contributed by atoms with Gasteiger partial charge in [-0.2, -0.15) is 0 Å². The van der Waals surface area contributed by atoms with Crippen molar-refractivity contribution in [1.29, 1.82) is 0 Å². The number of pyridine rings is 1. The fraction of sp³-hybridized carbons (Fsp3) is 0.250. The summed E-state index contributed by atoms with van der Waals surface area (Å²) in [6, 6.07) is 19.8. The Balaban J connectivity index is 1.85. The van der Waals surface area contributed by atoms with Crippen molar-refractivity contribution in [2.45, 2.75) is 26.4 Å². The molecule has 2 aromatic carbocycles. The van der Waals surface area contributed by atoms with Crippen LogP contribution >= 0.6 is 0 Å². The van der Waals surface area contributed by atoms with Crippen molar-refractivity contribution in [3.05, 3.63) is 66.5 Å². The third kappa shape index (κ3) is 2.42. The molecule has 1 aliphatic heterocycles. The second-order valence-corrected chi connectivity index (χ2v) is 6.38. The molecule has 0 atom stereocenters. The van der Waals surface area contributed by atoms with Gasteiger partial charge in [0.1, 0.15) is 0 Å². The lowest BCUT2D eigenvalue weighted by Gasteiger charge is -2.41. The molecule has 0 saturated heterocycles. The van der Waals surface area contributed by atoms with Crippen LogP contribution in [-0.4, -0.2) is 17.7 Å². The van der Waals surface area contributed by atoms with Crippen molar-refractivity contribution >= 4 is 22.1 Å². The average molecular weight is 303 g/mol. The van der Waals surface area contributed by atoms with Gasteiger partial charge in [-0.25, -0.2) is 0 Å². The summed E-state index contributed by atoms with van der Waals surface area (Å²) >= 11 is 0. The first kappa shape index (κ1) is 14.1. The van der Waals surface area contributed by atoms with Gasteiger partial charge in [-0.3, -0.25) is 4.98 Å². The monoisotopic (exact) mass is 303 g/mol. The van der Waals surface area contributed by atoms with Crippen LogP contribution in [0.5, 0.6) is 0 Å². The molecular weight excluding hydrogens is 282 g/mol. The van der Waals surface area contributed by atoms with E-state index in [2.05, 4.69) is 77.2 Å². The Morgan fingerprint density at radius 1 is 0.957 bits per heavy atom. The molecule has 3 heteroatoms. The summed E-state index contributed by atoms with van der Waals surface area (Å²) in [5.41, 5.74) is 3.75. The van der Waals surface area contributed by atoms with E-state index in [1.54, 1.807) is 0 Å². The summed E-state index contributed by atoms with van der Waals surface area (Å²) < 4.78 is 0. The number of hydrogen-bond acceptors (Lipinski definition) is 3. The molecule has 1 aromatic heterocycles. The van der Waals surface area contributed by atoms with Crippen molar-refractivity contribution in [2.24, 2.45) is 0 Å². The van der Waals surface area contributed by atoms with E-state index in [9.17, 15) is 0 Å². The summed E-state index contributed by atoms with van der Waals surface area (Å²) in [6.07, 6.45) is 1.87. The van der Waals surface area contributed by atoms with Crippen molar-refractivity contribution in [3.63, 3.8) is 0 Å². The van der Waals surface area contributed by atoms with Gasteiger partial charge in [0.25, 0.3) is 0 Å². The lowest BCUT2D eigenvalue weighted by atomic mass is 10.0. The second-order valence-electron chi connectivity index (χ2n) is 6.38. The number of aromatic nitrogens is 1. The topological polar surface area (TPSA) is 19.4 Å². The molecule has 0 amide bonds. The fourth-order valence-corrected chi connectivity index (χ4v) is 3.40. The highest BCUT2D eigenvalue weighted by Gasteiger charge is 2.25. The Labute approximate surface area is 137 Å². The number of benzene rings is 2. The van der Waals surface area contributed by atoms with E-state index in [1.165, 1.54) is 22.1 Å². The molecule has 0 aliphatic carbocycles. The molecule has 1 aliphatic rings. The van der Waals surface area contributed by atoms with E-state index >= 15 is 0 Å². The fourth-order valence-electron chi connectivity index (χ4n) is 3.40. The van der Waals surface area contributed by atoms with Crippen molar-refractivity contribution in [2.75, 3.05) is 16.5 Å². The van der Waals surface area contributed by atoms with Gasteiger partial charge in [0.2, 0.25) is 0 Å². The highest BCUT2D eigenvalue weighted by molar-refractivity contribution is 6.05. The van der Waals surface area contributed by atoms with E-state index < -0.39 is 0 Å².